The average molecular weight is 191 g/mol. The molecule has 0 spiro atoms. The Labute approximate surface area is 73.3 Å². The Hall–Kier alpha value is -0.800. The van der Waals surface area contributed by atoms with E-state index in [2.05, 4.69) is 10.1 Å². The molecule has 0 aliphatic heterocycles. The normalized spacial score (nSPS) is 10.7. The molecule has 0 fully saturated rings. The zero-order chi connectivity index (χ0) is 8.27. The van der Waals surface area contributed by atoms with E-state index in [9.17, 15) is 0 Å². The second-order valence-electron chi connectivity index (χ2n) is 1.77. The molecule has 0 unspecified atom stereocenters. The van der Waals surface area contributed by atoms with E-state index in [-0.39, 0.29) is 0 Å². The molecule has 1 N–H and O–H groups in total. The molecule has 1 rings (SSSR count). The maximum absolute atomic E-state index is 8.17. The van der Waals surface area contributed by atoms with Crippen molar-refractivity contribution in [2.75, 3.05) is 0 Å². The molecule has 0 amide bonds. The van der Waals surface area contributed by atoms with E-state index < -0.39 is 0 Å². The Morgan fingerprint density at radius 1 is 1.45 bits per heavy atom. The van der Waals surface area contributed by atoms with Crippen LogP contribution >= 0.6 is 23.2 Å². The number of rotatable bonds is 1. The lowest BCUT2D eigenvalue weighted by Crippen LogP contribution is -1.85. The number of halogens is 2. The van der Waals surface area contributed by atoms with Crippen molar-refractivity contribution in [1.82, 2.24) is 4.98 Å². The van der Waals surface area contributed by atoms with Gasteiger partial charge in [0.15, 0.2) is 0 Å². The van der Waals surface area contributed by atoms with Gasteiger partial charge in [0.25, 0.3) is 0 Å². The molecule has 0 saturated heterocycles. The van der Waals surface area contributed by atoms with Crippen LogP contribution < -0.4 is 0 Å². The molecule has 0 radical (unpaired) electrons. The highest BCUT2D eigenvalue weighted by atomic mass is 35.5. The molecule has 5 heteroatoms. The minimum atomic E-state index is 0.333. The van der Waals surface area contributed by atoms with Gasteiger partial charge in [0.1, 0.15) is 0 Å². The van der Waals surface area contributed by atoms with Gasteiger partial charge in [-0.15, -0.1) is 0 Å². The van der Waals surface area contributed by atoms with Gasteiger partial charge >= 0.3 is 0 Å². The van der Waals surface area contributed by atoms with E-state index in [1.54, 1.807) is 0 Å². The van der Waals surface area contributed by atoms with Gasteiger partial charge in [0.05, 0.1) is 16.3 Å². The summed E-state index contributed by atoms with van der Waals surface area (Å²) in [6, 6.07) is 0. The van der Waals surface area contributed by atoms with Crippen LogP contribution in [-0.4, -0.2) is 16.4 Å². The molecule has 1 aromatic heterocycles. The molecular weight excluding hydrogens is 187 g/mol. The molecule has 3 nitrogen and oxygen atoms in total. The Kier molecular flexibility index (Phi) is 2.68. The summed E-state index contributed by atoms with van der Waals surface area (Å²) in [6.45, 7) is 0. The number of aromatic nitrogens is 1. The third kappa shape index (κ3) is 1.82. The lowest BCUT2D eigenvalue weighted by atomic mass is 10.3. The van der Waals surface area contributed by atoms with E-state index in [0.29, 0.717) is 15.6 Å². The summed E-state index contributed by atoms with van der Waals surface area (Å²) in [4.78, 5) is 3.74. The molecule has 0 aliphatic carbocycles. The van der Waals surface area contributed by atoms with Crippen LogP contribution in [-0.2, 0) is 0 Å². The van der Waals surface area contributed by atoms with Crippen molar-refractivity contribution in [3.05, 3.63) is 28.0 Å². The first-order valence-electron chi connectivity index (χ1n) is 2.72. The van der Waals surface area contributed by atoms with Crippen LogP contribution in [0.2, 0.25) is 10.0 Å². The quantitative estimate of drug-likeness (QED) is 0.420. The van der Waals surface area contributed by atoms with Crippen molar-refractivity contribution in [2.24, 2.45) is 5.16 Å². The Balaban J connectivity index is 3.16. The fourth-order valence-corrected chi connectivity index (χ4v) is 0.898. The van der Waals surface area contributed by atoms with Crippen molar-refractivity contribution in [3.63, 3.8) is 0 Å². The average Bonchev–Trinajstić information content (AvgIpc) is 1.99. The SMILES string of the molecule is O/N=C/c1cncc(Cl)c1Cl. The van der Waals surface area contributed by atoms with Gasteiger partial charge in [-0.1, -0.05) is 28.4 Å². The van der Waals surface area contributed by atoms with Gasteiger partial charge in [-0.2, -0.15) is 0 Å². The number of hydrogen-bond acceptors (Lipinski definition) is 3. The highest BCUT2D eigenvalue weighted by Gasteiger charge is 2.01. The Morgan fingerprint density at radius 3 is 2.82 bits per heavy atom. The lowest BCUT2D eigenvalue weighted by molar-refractivity contribution is 0.322. The second-order valence-corrected chi connectivity index (χ2v) is 2.55. The molecule has 0 aromatic carbocycles. The van der Waals surface area contributed by atoms with Gasteiger partial charge in [-0.3, -0.25) is 4.98 Å². The van der Waals surface area contributed by atoms with E-state index in [4.69, 9.17) is 28.4 Å². The minimum Gasteiger partial charge on any atom is -0.411 e. The largest absolute Gasteiger partial charge is 0.411 e. The maximum Gasteiger partial charge on any atom is 0.0782 e. The second kappa shape index (κ2) is 3.55. The minimum absolute atomic E-state index is 0.333. The van der Waals surface area contributed by atoms with Crippen molar-refractivity contribution >= 4 is 29.4 Å². The zero-order valence-corrected chi connectivity index (χ0v) is 6.84. The summed E-state index contributed by atoms with van der Waals surface area (Å²) in [7, 11) is 0. The van der Waals surface area contributed by atoms with Gasteiger partial charge in [-0.05, 0) is 0 Å². The first-order chi connectivity index (χ1) is 5.25. The number of hydrogen-bond donors (Lipinski definition) is 1. The summed E-state index contributed by atoms with van der Waals surface area (Å²) >= 11 is 11.3. The molecule has 0 bridgehead atoms. The van der Waals surface area contributed by atoms with E-state index in [1.165, 1.54) is 18.6 Å². The van der Waals surface area contributed by atoms with Crippen LogP contribution in [0.3, 0.4) is 0 Å². The highest BCUT2D eigenvalue weighted by molar-refractivity contribution is 6.43. The number of oxime groups is 1. The summed E-state index contributed by atoms with van der Waals surface area (Å²) in [5.41, 5.74) is 0.488. The highest BCUT2D eigenvalue weighted by Crippen LogP contribution is 2.22. The molecular formula is C6H4Cl2N2O. The van der Waals surface area contributed by atoms with Gasteiger partial charge in [0, 0.05) is 18.0 Å². The summed E-state index contributed by atoms with van der Waals surface area (Å²) in [5, 5.41) is 11.6. The molecule has 0 aliphatic rings. The van der Waals surface area contributed by atoms with Crippen molar-refractivity contribution in [3.8, 4) is 0 Å². The lowest BCUT2D eigenvalue weighted by Gasteiger charge is -1.96. The molecule has 1 aromatic rings. The molecule has 1 heterocycles. The van der Waals surface area contributed by atoms with Crippen LogP contribution in [0.15, 0.2) is 17.5 Å². The van der Waals surface area contributed by atoms with Gasteiger partial charge in [-0.25, -0.2) is 0 Å². The third-order valence-electron chi connectivity index (χ3n) is 1.06. The summed E-state index contributed by atoms with van der Waals surface area (Å²) in [6.07, 6.45) is 4.04. The summed E-state index contributed by atoms with van der Waals surface area (Å²) < 4.78 is 0. The van der Waals surface area contributed by atoms with Crippen molar-refractivity contribution in [1.29, 1.82) is 0 Å². The Bertz CT molecular complexity index is 288. The monoisotopic (exact) mass is 190 g/mol. The predicted molar refractivity (Wildman–Crippen MR) is 43.6 cm³/mol. The molecule has 11 heavy (non-hydrogen) atoms. The van der Waals surface area contributed by atoms with E-state index >= 15 is 0 Å². The van der Waals surface area contributed by atoms with Gasteiger partial charge < -0.3 is 5.21 Å². The third-order valence-corrected chi connectivity index (χ3v) is 1.87. The topological polar surface area (TPSA) is 45.5 Å². The van der Waals surface area contributed by atoms with Gasteiger partial charge in [0.2, 0.25) is 0 Å². The summed E-state index contributed by atoms with van der Waals surface area (Å²) in [5.74, 6) is 0. The maximum atomic E-state index is 8.17. The molecule has 0 atom stereocenters. The standard InChI is InChI=1S/C6H4Cl2N2O/c7-5-3-9-1-4(2-10-11)6(5)8/h1-3,11H/b10-2+. The first kappa shape index (κ1) is 8.30. The van der Waals surface area contributed by atoms with Crippen molar-refractivity contribution in [2.45, 2.75) is 0 Å². The van der Waals surface area contributed by atoms with Crippen LogP contribution in [0.1, 0.15) is 5.56 Å². The van der Waals surface area contributed by atoms with E-state index in [0.717, 1.165) is 0 Å². The van der Waals surface area contributed by atoms with Crippen LogP contribution in [0.4, 0.5) is 0 Å². The van der Waals surface area contributed by atoms with Crippen LogP contribution in [0, 0.1) is 0 Å². The first-order valence-corrected chi connectivity index (χ1v) is 3.47. The molecule has 0 saturated carbocycles. The fourth-order valence-electron chi connectivity index (χ4n) is 0.586. The Morgan fingerprint density at radius 2 is 2.18 bits per heavy atom. The molecule has 58 valence electrons. The van der Waals surface area contributed by atoms with E-state index in [1.807, 2.05) is 0 Å². The number of pyridine rings is 1. The van der Waals surface area contributed by atoms with Crippen LogP contribution in [0.5, 0.6) is 0 Å². The fraction of sp³-hybridized carbons (Fsp3) is 0. The number of nitrogens with zero attached hydrogens (tertiary/aromatic N) is 2. The van der Waals surface area contributed by atoms with Crippen molar-refractivity contribution < 1.29 is 5.21 Å². The predicted octanol–water partition coefficient (Wildman–Crippen LogP) is 2.20. The zero-order valence-electron chi connectivity index (χ0n) is 5.33. The van der Waals surface area contributed by atoms with Crippen LogP contribution in [0.25, 0.3) is 0 Å². The smallest absolute Gasteiger partial charge is 0.0782 e.